The lowest BCUT2D eigenvalue weighted by Crippen LogP contribution is -2.15. The van der Waals surface area contributed by atoms with Crippen LogP contribution in [-0.4, -0.2) is 15.9 Å². The van der Waals surface area contributed by atoms with Gasteiger partial charge >= 0.3 is 0 Å². The van der Waals surface area contributed by atoms with Crippen LogP contribution in [-0.2, 0) is 0 Å². The van der Waals surface area contributed by atoms with Gasteiger partial charge in [0.2, 0.25) is 5.95 Å². The molecule has 1 amide bonds. The first-order valence-electron chi connectivity index (χ1n) is 4.71. The summed E-state index contributed by atoms with van der Waals surface area (Å²) < 4.78 is 13.3. The van der Waals surface area contributed by atoms with Crippen LogP contribution < -0.4 is 5.32 Å². The van der Waals surface area contributed by atoms with E-state index >= 15 is 0 Å². The normalized spacial score (nSPS) is 10.0. The van der Waals surface area contributed by atoms with E-state index in [0.29, 0.717) is 0 Å². The van der Waals surface area contributed by atoms with Gasteiger partial charge in [0.25, 0.3) is 5.91 Å². The number of amides is 1. The molecule has 1 aromatic heterocycles. The number of anilines is 1. The van der Waals surface area contributed by atoms with Gasteiger partial charge in [-0.1, -0.05) is 23.7 Å². The lowest BCUT2D eigenvalue weighted by atomic mass is 10.2. The number of rotatable bonds is 2. The predicted octanol–water partition coefficient (Wildman–Crippen LogP) is 2.52. The molecule has 0 aliphatic rings. The van der Waals surface area contributed by atoms with Gasteiger partial charge < -0.3 is 0 Å². The summed E-state index contributed by atoms with van der Waals surface area (Å²) in [7, 11) is 0. The van der Waals surface area contributed by atoms with Gasteiger partial charge in [-0.15, -0.1) is 0 Å². The molecule has 0 saturated carbocycles. The van der Waals surface area contributed by atoms with Crippen LogP contribution in [0.3, 0.4) is 0 Å². The van der Waals surface area contributed by atoms with Crippen molar-refractivity contribution < 1.29 is 9.18 Å². The Morgan fingerprint density at radius 1 is 1.29 bits per heavy atom. The van der Waals surface area contributed by atoms with Gasteiger partial charge in [0, 0.05) is 6.20 Å². The Kier molecular flexibility index (Phi) is 3.30. The van der Waals surface area contributed by atoms with Gasteiger partial charge in [-0.2, -0.15) is 0 Å². The Morgan fingerprint density at radius 2 is 2.06 bits per heavy atom. The van der Waals surface area contributed by atoms with Crippen LogP contribution in [0.4, 0.5) is 10.3 Å². The Labute approximate surface area is 101 Å². The summed E-state index contributed by atoms with van der Waals surface area (Å²) in [6.07, 6.45) is 1.40. The van der Waals surface area contributed by atoms with E-state index in [1.54, 1.807) is 6.07 Å². The molecular formula is C11H7ClFN3O. The molecule has 1 aromatic carbocycles. The fourth-order valence-corrected chi connectivity index (χ4v) is 1.35. The van der Waals surface area contributed by atoms with Gasteiger partial charge in [-0.3, -0.25) is 10.1 Å². The van der Waals surface area contributed by atoms with E-state index in [4.69, 9.17) is 11.6 Å². The molecule has 0 spiro atoms. The Morgan fingerprint density at radius 3 is 2.76 bits per heavy atom. The second kappa shape index (κ2) is 4.88. The number of hydrogen-bond donors (Lipinski definition) is 1. The topological polar surface area (TPSA) is 54.9 Å². The van der Waals surface area contributed by atoms with Crippen LogP contribution in [0.1, 0.15) is 10.4 Å². The number of benzene rings is 1. The number of carbonyl (C=O) groups excluding carboxylic acids is 1. The van der Waals surface area contributed by atoms with Crippen molar-refractivity contribution in [1.29, 1.82) is 0 Å². The maximum atomic E-state index is 13.3. The first-order chi connectivity index (χ1) is 8.16. The van der Waals surface area contributed by atoms with Crippen LogP contribution >= 0.6 is 11.6 Å². The highest BCUT2D eigenvalue weighted by molar-refractivity contribution is 6.29. The van der Waals surface area contributed by atoms with Gasteiger partial charge in [-0.05, 0) is 18.2 Å². The molecule has 1 heterocycles. The van der Waals surface area contributed by atoms with Crippen molar-refractivity contribution in [3.05, 3.63) is 53.1 Å². The van der Waals surface area contributed by atoms with Crippen molar-refractivity contribution in [3.63, 3.8) is 0 Å². The third-order valence-corrected chi connectivity index (χ3v) is 2.18. The molecule has 2 rings (SSSR count). The molecule has 0 unspecified atom stereocenters. The molecule has 17 heavy (non-hydrogen) atoms. The number of nitrogens with zero attached hydrogens (tertiary/aromatic N) is 2. The van der Waals surface area contributed by atoms with E-state index in [0.717, 1.165) is 0 Å². The van der Waals surface area contributed by atoms with E-state index in [1.807, 2.05) is 0 Å². The van der Waals surface area contributed by atoms with Crippen molar-refractivity contribution in [2.75, 3.05) is 5.32 Å². The smallest absolute Gasteiger partial charge is 0.260 e. The Hall–Kier alpha value is -2.01. The SMILES string of the molecule is O=C(Nc1nccc(Cl)n1)c1ccccc1F. The molecule has 4 nitrogen and oxygen atoms in total. The molecule has 0 saturated heterocycles. The number of hydrogen-bond acceptors (Lipinski definition) is 3. The first kappa shape index (κ1) is 11.5. The summed E-state index contributed by atoms with van der Waals surface area (Å²) in [6.45, 7) is 0. The molecule has 0 atom stereocenters. The minimum Gasteiger partial charge on any atom is -0.290 e. The van der Waals surface area contributed by atoms with Crippen molar-refractivity contribution in [3.8, 4) is 0 Å². The van der Waals surface area contributed by atoms with Crippen molar-refractivity contribution in [2.24, 2.45) is 0 Å². The minimum absolute atomic E-state index is 0.0331. The quantitative estimate of drug-likeness (QED) is 0.835. The van der Waals surface area contributed by atoms with Crippen molar-refractivity contribution in [2.45, 2.75) is 0 Å². The highest BCUT2D eigenvalue weighted by Crippen LogP contribution is 2.10. The molecule has 2 aromatic rings. The predicted molar refractivity (Wildman–Crippen MR) is 61.4 cm³/mol. The minimum atomic E-state index is -0.620. The van der Waals surface area contributed by atoms with Crippen LogP contribution in [0.2, 0.25) is 5.15 Å². The standard InChI is InChI=1S/C11H7ClFN3O/c12-9-5-6-14-11(15-9)16-10(17)7-3-1-2-4-8(7)13/h1-6H,(H,14,15,16,17). The van der Waals surface area contributed by atoms with Gasteiger partial charge in [-0.25, -0.2) is 14.4 Å². The lowest BCUT2D eigenvalue weighted by molar-refractivity contribution is 0.102. The molecule has 6 heteroatoms. The third-order valence-electron chi connectivity index (χ3n) is 1.97. The summed E-state index contributed by atoms with van der Waals surface area (Å²) >= 11 is 5.63. The van der Waals surface area contributed by atoms with E-state index in [1.165, 1.54) is 30.5 Å². The maximum Gasteiger partial charge on any atom is 0.260 e. The molecule has 0 aliphatic carbocycles. The molecule has 86 valence electrons. The summed E-state index contributed by atoms with van der Waals surface area (Å²) in [5.41, 5.74) is -0.0731. The second-order valence-electron chi connectivity index (χ2n) is 3.14. The summed E-state index contributed by atoms with van der Waals surface area (Å²) in [4.78, 5) is 19.2. The summed E-state index contributed by atoms with van der Waals surface area (Å²) in [5.74, 6) is -1.19. The number of aromatic nitrogens is 2. The molecule has 0 bridgehead atoms. The van der Waals surface area contributed by atoms with Crippen LogP contribution in [0, 0.1) is 5.82 Å². The lowest BCUT2D eigenvalue weighted by Gasteiger charge is -2.04. The zero-order valence-corrected chi connectivity index (χ0v) is 9.28. The number of carbonyl (C=O) groups is 1. The van der Waals surface area contributed by atoms with Crippen molar-refractivity contribution in [1.82, 2.24) is 9.97 Å². The van der Waals surface area contributed by atoms with E-state index in [9.17, 15) is 9.18 Å². The van der Waals surface area contributed by atoms with Gasteiger partial charge in [0.15, 0.2) is 0 Å². The van der Waals surface area contributed by atoms with E-state index in [-0.39, 0.29) is 16.7 Å². The van der Waals surface area contributed by atoms with Crippen molar-refractivity contribution >= 4 is 23.5 Å². The van der Waals surface area contributed by atoms with Gasteiger partial charge in [0.05, 0.1) is 5.56 Å². The van der Waals surface area contributed by atoms with Crippen LogP contribution in [0.25, 0.3) is 0 Å². The molecule has 0 radical (unpaired) electrons. The molecular weight excluding hydrogens is 245 g/mol. The third kappa shape index (κ3) is 2.76. The zero-order chi connectivity index (χ0) is 12.3. The second-order valence-corrected chi connectivity index (χ2v) is 3.52. The monoisotopic (exact) mass is 251 g/mol. The molecule has 1 N–H and O–H groups in total. The number of halogens is 2. The first-order valence-corrected chi connectivity index (χ1v) is 5.09. The van der Waals surface area contributed by atoms with Crippen LogP contribution in [0.15, 0.2) is 36.5 Å². The van der Waals surface area contributed by atoms with Gasteiger partial charge in [0.1, 0.15) is 11.0 Å². The van der Waals surface area contributed by atoms with E-state index < -0.39 is 11.7 Å². The largest absolute Gasteiger partial charge is 0.290 e. The summed E-state index contributed by atoms with van der Waals surface area (Å²) in [5, 5.41) is 2.55. The molecule has 0 fully saturated rings. The highest BCUT2D eigenvalue weighted by Gasteiger charge is 2.11. The maximum absolute atomic E-state index is 13.3. The average molecular weight is 252 g/mol. The fourth-order valence-electron chi connectivity index (χ4n) is 1.21. The van der Waals surface area contributed by atoms with Crippen LogP contribution in [0.5, 0.6) is 0 Å². The molecule has 0 aliphatic heterocycles. The Bertz CT molecular complexity index is 562. The number of nitrogens with one attached hydrogen (secondary N) is 1. The Balaban J connectivity index is 2.20. The zero-order valence-electron chi connectivity index (χ0n) is 8.52. The summed E-state index contributed by atoms with van der Waals surface area (Å²) in [6, 6.07) is 7.11. The van der Waals surface area contributed by atoms with E-state index in [2.05, 4.69) is 15.3 Å². The average Bonchev–Trinajstić information content (AvgIpc) is 2.29. The highest BCUT2D eigenvalue weighted by atomic mass is 35.5. The fraction of sp³-hybridized carbons (Fsp3) is 0.